The quantitative estimate of drug-likeness (QED) is 0.613. The Labute approximate surface area is 192 Å². The Hall–Kier alpha value is -2.35. The summed E-state index contributed by atoms with van der Waals surface area (Å²) in [6.07, 6.45) is 2.95. The first-order chi connectivity index (χ1) is 14.5. The Morgan fingerprint density at radius 1 is 1.26 bits per heavy atom. The highest BCUT2D eigenvalue weighted by Crippen LogP contribution is 2.32. The van der Waals surface area contributed by atoms with E-state index in [-0.39, 0.29) is 17.9 Å². The number of amides is 2. The van der Waals surface area contributed by atoms with Gasteiger partial charge in [-0.15, -0.1) is 0 Å². The second-order valence-electron chi connectivity index (χ2n) is 9.25. The Morgan fingerprint density at radius 3 is 2.55 bits per heavy atom. The topological polar surface area (TPSA) is 87.3 Å². The van der Waals surface area contributed by atoms with Gasteiger partial charge >= 0.3 is 6.09 Å². The highest BCUT2D eigenvalue weighted by atomic mass is 79.9. The van der Waals surface area contributed by atoms with Crippen LogP contribution in [0.4, 0.5) is 4.79 Å². The third-order valence-corrected chi connectivity index (χ3v) is 5.74. The molecule has 0 spiro atoms. The molecule has 31 heavy (non-hydrogen) atoms. The Kier molecular flexibility index (Phi) is 7.09. The predicted molar refractivity (Wildman–Crippen MR) is 123 cm³/mol. The molecule has 1 saturated heterocycles. The van der Waals surface area contributed by atoms with E-state index >= 15 is 0 Å². The van der Waals surface area contributed by atoms with Crippen molar-refractivity contribution in [2.75, 3.05) is 6.54 Å². The fourth-order valence-electron chi connectivity index (χ4n) is 3.72. The third-order valence-electron chi connectivity index (χ3n) is 5.21. The maximum atomic E-state index is 13.4. The molecule has 1 aliphatic rings. The van der Waals surface area contributed by atoms with Crippen LogP contribution in [0.25, 0.3) is 11.3 Å². The molecule has 0 aliphatic carbocycles. The van der Waals surface area contributed by atoms with Gasteiger partial charge < -0.3 is 19.9 Å². The summed E-state index contributed by atoms with van der Waals surface area (Å²) < 4.78 is 6.38. The van der Waals surface area contributed by atoms with Crippen LogP contribution >= 0.6 is 15.9 Å². The van der Waals surface area contributed by atoms with E-state index in [4.69, 9.17) is 4.74 Å². The first-order valence-corrected chi connectivity index (χ1v) is 11.5. The number of nitrogens with one attached hydrogen (secondary N) is 2. The summed E-state index contributed by atoms with van der Waals surface area (Å²) in [4.78, 5) is 35.5. The van der Waals surface area contributed by atoms with Crippen molar-refractivity contribution in [3.63, 3.8) is 0 Å². The summed E-state index contributed by atoms with van der Waals surface area (Å²) in [7, 11) is 0. The largest absolute Gasteiger partial charge is 0.444 e. The maximum absolute atomic E-state index is 13.4. The molecular weight excluding hydrogens is 460 g/mol. The van der Waals surface area contributed by atoms with Gasteiger partial charge in [-0.25, -0.2) is 9.78 Å². The number of rotatable bonds is 5. The number of carbonyl (C=O) groups excluding carboxylic acids is 2. The van der Waals surface area contributed by atoms with Crippen LogP contribution < -0.4 is 5.32 Å². The minimum absolute atomic E-state index is 0.0730. The normalized spacial score (nSPS) is 17.6. The average molecular weight is 491 g/mol. The summed E-state index contributed by atoms with van der Waals surface area (Å²) in [5, 5.41) is 2.77. The molecule has 1 aliphatic heterocycles. The molecule has 1 fully saturated rings. The van der Waals surface area contributed by atoms with Crippen LogP contribution in [0, 0.1) is 5.92 Å². The number of nitrogens with zero attached hydrogens (tertiary/aromatic N) is 2. The van der Waals surface area contributed by atoms with E-state index in [1.165, 1.54) is 0 Å². The number of imidazole rings is 1. The molecule has 1 aromatic carbocycles. The van der Waals surface area contributed by atoms with E-state index in [0.717, 1.165) is 34.4 Å². The lowest BCUT2D eigenvalue weighted by molar-refractivity contribution is -0.135. The number of hydrogen-bond donors (Lipinski definition) is 2. The van der Waals surface area contributed by atoms with E-state index in [0.29, 0.717) is 6.54 Å². The van der Waals surface area contributed by atoms with Gasteiger partial charge in [0, 0.05) is 11.0 Å². The molecule has 0 radical (unpaired) electrons. The first-order valence-electron chi connectivity index (χ1n) is 10.7. The van der Waals surface area contributed by atoms with Gasteiger partial charge in [-0.2, -0.15) is 0 Å². The Balaban J connectivity index is 1.76. The van der Waals surface area contributed by atoms with Crippen molar-refractivity contribution in [1.29, 1.82) is 0 Å². The number of H-pyrrole nitrogens is 1. The fourth-order valence-corrected chi connectivity index (χ4v) is 3.99. The lowest BCUT2D eigenvalue weighted by Gasteiger charge is -2.31. The van der Waals surface area contributed by atoms with Crippen molar-refractivity contribution in [3.8, 4) is 11.3 Å². The zero-order valence-corrected chi connectivity index (χ0v) is 20.3. The minimum Gasteiger partial charge on any atom is -0.444 e. The van der Waals surface area contributed by atoms with Gasteiger partial charge in [0.25, 0.3) is 0 Å². The minimum atomic E-state index is -0.656. The van der Waals surface area contributed by atoms with Gasteiger partial charge in [-0.3, -0.25) is 4.79 Å². The van der Waals surface area contributed by atoms with Gasteiger partial charge in [0.2, 0.25) is 5.91 Å². The van der Waals surface area contributed by atoms with E-state index < -0.39 is 17.7 Å². The highest BCUT2D eigenvalue weighted by Gasteiger charge is 2.37. The van der Waals surface area contributed by atoms with Gasteiger partial charge in [0.15, 0.2) is 0 Å². The number of likely N-dealkylation sites (tertiary alicyclic amines) is 1. The van der Waals surface area contributed by atoms with Crippen LogP contribution in [-0.2, 0) is 9.53 Å². The number of benzene rings is 1. The van der Waals surface area contributed by atoms with Gasteiger partial charge in [0.05, 0.1) is 17.9 Å². The third kappa shape index (κ3) is 5.87. The first kappa shape index (κ1) is 23.3. The number of halogens is 1. The molecule has 1 unspecified atom stereocenters. The Morgan fingerprint density at radius 2 is 1.94 bits per heavy atom. The van der Waals surface area contributed by atoms with Crippen molar-refractivity contribution in [1.82, 2.24) is 20.2 Å². The molecule has 2 heterocycles. The lowest BCUT2D eigenvalue weighted by Crippen LogP contribution is -2.52. The monoisotopic (exact) mass is 490 g/mol. The molecule has 0 saturated carbocycles. The van der Waals surface area contributed by atoms with Crippen LogP contribution in [-0.4, -0.2) is 45.1 Å². The summed E-state index contributed by atoms with van der Waals surface area (Å²) in [6.45, 7) is 9.88. The van der Waals surface area contributed by atoms with Crippen molar-refractivity contribution in [2.24, 2.45) is 5.92 Å². The summed E-state index contributed by atoms with van der Waals surface area (Å²) >= 11 is 3.45. The van der Waals surface area contributed by atoms with E-state index in [1.54, 1.807) is 27.0 Å². The molecule has 2 atom stereocenters. The van der Waals surface area contributed by atoms with E-state index in [1.807, 2.05) is 43.0 Å². The van der Waals surface area contributed by atoms with Crippen LogP contribution in [0.2, 0.25) is 0 Å². The molecule has 7 nitrogen and oxygen atoms in total. The molecule has 168 valence electrons. The predicted octanol–water partition coefficient (Wildman–Crippen LogP) is 5.05. The maximum Gasteiger partial charge on any atom is 0.408 e. The van der Waals surface area contributed by atoms with Crippen molar-refractivity contribution < 1.29 is 14.3 Å². The standard InChI is InChI=1S/C23H31BrN4O3/c1-14(2)19(27-22(30)31-23(3,4)5)21(29)28-12-6-7-18(28)20-25-13-17(26-20)15-8-10-16(24)11-9-15/h8-11,13-14,18-19H,6-7,12H2,1-5H3,(H,25,26)(H,27,30)/t18-,19?/m0/s1. The van der Waals surface area contributed by atoms with Gasteiger partial charge in [0.1, 0.15) is 17.5 Å². The van der Waals surface area contributed by atoms with Crippen LogP contribution in [0.3, 0.4) is 0 Å². The van der Waals surface area contributed by atoms with Crippen LogP contribution in [0.15, 0.2) is 34.9 Å². The Bertz CT molecular complexity index is 918. The number of carbonyl (C=O) groups is 2. The number of hydrogen-bond acceptors (Lipinski definition) is 4. The van der Waals surface area contributed by atoms with Crippen molar-refractivity contribution in [2.45, 2.75) is 65.1 Å². The summed E-state index contributed by atoms with van der Waals surface area (Å²) in [5.74, 6) is 0.588. The summed E-state index contributed by atoms with van der Waals surface area (Å²) in [6, 6.07) is 7.19. The van der Waals surface area contributed by atoms with Gasteiger partial charge in [-0.05, 0) is 57.2 Å². The molecule has 8 heteroatoms. The zero-order chi connectivity index (χ0) is 22.8. The van der Waals surface area contributed by atoms with Crippen LogP contribution in [0.5, 0.6) is 0 Å². The van der Waals surface area contributed by atoms with Crippen LogP contribution in [0.1, 0.15) is 59.3 Å². The average Bonchev–Trinajstić information content (AvgIpc) is 3.33. The summed E-state index contributed by atoms with van der Waals surface area (Å²) in [5.41, 5.74) is 1.32. The molecule has 1 aromatic heterocycles. The fraction of sp³-hybridized carbons (Fsp3) is 0.522. The number of ether oxygens (including phenoxy) is 1. The van der Waals surface area contributed by atoms with E-state index in [2.05, 4.69) is 31.2 Å². The highest BCUT2D eigenvalue weighted by molar-refractivity contribution is 9.10. The molecule has 0 bridgehead atoms. The second kappa shape index (κ2) is 9.42. The molecule has 3 rings (SSSR count). The SMILES string of the molecule is CC(C)C(NC(=O)OC(C)(C)C)C(=O)N1CCC[C@H]1c1ncc(-c2ccc(Br)cc2)[nH]1. The zero-order valence-electron chi connectivity index (χ0n) is 18.7. The van der Waals surface area contributed by atoms with Gasteiger partial charge in [-0.1, -0.05) is 41.9 Å². The molecule has 2 N–H and O–H groups in total. The number of aromatic nitrogens is 2. The molecular formula is C23H31BrN4O3. The lowest BCUT2D eigenvalue weighted by atomic mass is 10.0. The van der Waals surface area contributed by atoms with E-state index in [9.17, 15) is 9.59 Å². The number of aromatic amines is 1. The molecule has 2 amide bonds. The van der Waals surface area contributed by atoms with Crippen molar-refractivity contribution >= 4 is 27.9 Å². The molecule has 2 aromatic rings. The smallest absolute Gasteiger partial charge is 0.408 e. The second-order valence-corrected chi connectivity index (χ2v) is 10.2. The number of alkyl carbamates (subject to hydrolysis) is 1. The van der Waals surface area contributed by atoms with Crippen molar-refractivity contribution in [3.05, 3.63) is 40.8 Å².